The number of pyridine rings is 1. The average Bonchev–Trinajstić information content (AvgIpc) is 3.02. The third kappa shape index (κ3) is 5.18. The molecule has 35 heavy (non-hydrogen) atoms. The Kier molecular flexibility index (Phi) is 6.87. The van der Waals surface area contributed by atoms with Gasteiger partial charge in [0.15, 0.2) is 11.6 Å². The number of phenolic OH excluding ortho intramolecular Hbond substituents is 1. The molecule has 2 atom stereocenters. The van der Waals surface area contributed by atoms with Crippen LogP contribution in [0, 0.1) is 5.82 Å². The Bertz CT molecular complexity index is 1270. The first kappa shape index (κ1) is 24.8. The van der Waals surface area contributed by atoms with E-state index in [1.807, 2.05) is 20.8 Å². The second-order valence-corrected chi connectivity index (χ2v) is 10.1. The van der Waals surface area contributed by atoms with Crippen LogP contribution in [0.15, 0.2) is 42.5 Å². The number of carbonyl (C=O) groups is 2. The van der Waals surface area contributed by atoms with Crippen LogP contribution in [0.1, 0.15) is 65.6 Å². The first-order valence-corrected chi connectivity index (χ1v) is 11.8. The van der Waals surface area contributed by atoms with E-state index in [0.717, 1.165) is 19.4 Å². The molecule has 0 bridgehead atoms. The van der Waals surface area contributed by atoms with Gasteiger partial charge in [-0.2, -0.15) is 0 Å². The number of hydrogen-bond donors (Lipinski definition) is 4. The van der Waals surface area contributed by atoms with Gasteiger partial charge in [0.1, 0.15) is 16.8 Å². The van der Waals surface area contributed by atoms with E-state index in [2.05, 4.69) is 15.6 Å². The molecule has 3 aromatic rings. The largest absolute Gasteiger partial charge is 0.507 e. The lowest BCUT2D eigenvalue weighted by Crippen LogP contribution is -2.50. The molecule has 184 valence electrons. The highest BCUT2D eigenvalue weighted by Gasteiger charge is 2.25. The number of carbonyl (C=O) groups excluding carboxylic acids is 2. The van der Waals surface area contributed by atoms with Crippen molar-refractivity contribution in [2.75, 3.05) is 13.1 Å². The lowest BCUT2D eigenvalue weighted by atomic mass is 9.91. The van der Waals surface area contributed by atoms with Crippen LogP contribution in [0.3, 0.4) is 0 Å². The molecule has 1 fully saturated rings. The minimum atomic E-state index is -0.867. The van der Waals surface area contributed by atoms with Gasteiger partial charge < -0.3 is 21.5 Å². The molecular weight excluding hydrogens is 447 g/mol. The Balaban J connectivity index is 1.59. The molecule has 2 aromatic carbocycles. The van der Waals surface area contributed by atoms with Crippen LogP contribution in [0.5, 0.6) is 5.75 Å². The predicted octanol–water partition coefficient (Wildman–Crippen LogP) is 3.42. The van der Waals surface area contributed by atoms with E-state index in [-0.39, 0.29) is 34.5 Å². The molecule has 1 aromatic heterocycles. The molecule has 1 amide bonds. The molecule has 7 nitrogen and oxygen atoms in total. The number of halogens is 1. The van der Waals surface area contributed by atoms with Crippen LogP contribution in [-0.2, 0) is 5.41 Å². The van der Waals surface area contributed by atoms with Crippen LogP contribution >= 0.6 is 0 Å². The van der Waals surface area contributed by atoms with Crippen LogP contribution in [0.25, 0.3) is 10.9 Å². The van der Waals surface area contributed by atoms with E-state index in [0.29, 0.717) is 23.2 Å². The minimum Gasteiger partial charge on any atom is -0.507 e. The zero-order chi connectivity index (χ0) is 25.3. The molecule has 0 unspecified atom stereocenters. The summed E-state index contributed by atoms with van der Waals surface area (Å²) in [7, 11) is 0. The van der Waals surface area contributed by atoms with Gasteiger partial charge in [0.25, 0.3) is 5.91 Å². The SMILES string of the molecule is CC(C)(C)c1ccc2cc(O)c(C(=O)c3ccc(C(=O)N[C@@H]4CCCNC[C@H]4N)cc3)c(F)c2n1. The van der Waals surface area contributed by atoms with Gasteiger partial charge >= 0.3 is 0 Å². The Morgan fingerprint density at radius 3 is 2.51 bits per heavy atom. The van der Waals surface area contributed by atoms with Gasteiger partial charge in [-0.3, -0.25) is 9.59 Å². The summed E-state index contributed by atoms with van der Waals surface area (Å²) in [5.41, 5.74) is 6.62. The lowest BCUT2D eigenvalue weighted by Gasteiger charge is -2.22. The van der Waals surface area contributed by atoms with Crippen LogP contribution in [-0.4, -0.2) is 47.0 Å². The number of aromatic nitrogens is 1. The van der Waals surface area contributed by atoms with Crippen molar-refractivity contribution in [2.24, 2.45) is 5.73 Å². The number of rotatable bonds is 4. The molecular formula is C27H31FN4O3. The van der Waals surface area contributed by atoms with Crippen molar-refractivity contribution in [1.82, 2.24) is 15.6 Å². The summed E-state index contributed by atoms with van der Waals surface area (Å²) in [5.74, 6) is -2.30. The number of amides is 1. The smallest absolute Gasteiger partial charge is 0.251 e. The average molecular weight is 479 g/mol. The minimum absolute atomic E-state index is 0.0313. The Labute approximate surface area is 203 Å². The zero-order valence-corrected chi connectivity index (χ0v) is 20.2. The first-order valence-electron chi connectivity index (χ1n) is 11.8. The third-order valence-corrected chi connectivity index (χ3v) is 6.39. The Morgan fingerprint density at radius 2 is 1.83 bits per heavy atom. The van der Waals surface area contributed by atoms with E-state index >= 15 is 4.39 Å². The summed E-state index contributed by atoms with van der Waals surface area (Å²) >= 11 is 0. The summed E-state index contributed by atoms with van der Waals surface area (Å²) in [4.78, 5) is 30.3. The highest BCUT2D eigenvalue weighted by Crippen LogP contribution is 2.32. The standard InChI is InChI=1S/C27H31FN4O3/c1-27(2,3)21-11-10-17-13-20(33)22(23(28)24(17)32-21)25(34)15-6-8-16(9-7-15)26(35)31-19-5-4-12-30-14-18(19)29/h6-11,13,18-19,30,33H,4-5,12,14,29H2,1-3H3,(H,31,35)/t18-,19-/m1/s1. The van der Waals surface area contributed by atoms with Crippen LogP contribution < -0.4 is 16.4 Å². The van der Waals surface area contributed by atoms with Crippen molar-refractivity contribution in [3.05, 3.63) is 70.7 Å². The summed E-state index contributed by atoms with van der Waals surface area (Å²) in [6.07, 6.45) is 1.70. The number of nitrogens with zero attached hydrogens (tertiary/aromatic N) is 1. The highest BCUT2D eigenvalue weighted by molar-refractivity contribution is 6.13. The maximum Gasteiger partial charge on any atom is 0.251 e. The number of phenols is 1. The number of nitrogens with two attached hydrogens (primary N) is 1. The number of aromatic hydroxyl groups is 1. The van der Waals surface area contributed by atoms with Crippen molar-refractivity contribution < 1.29 is 19.1 Å². The number of benzene rings is 2. The van der Waals surface area contributed by atoms with Crippen LogP contribution in [0.4, 0.5) is 4.39 Å². The predicted molar refractivity (Wildman–Crippen MR) is 133 cm³/mol. The van der Waals surface area contributed by atoms with E-state index in [4.69, 9.17) is 5.73 Å². The van der Waals surface area contributed by atoms with Gasteiger partial charge in [-0.25, -0.2) is 9.37 Å². The Hall–Kier alpha value is -3.36. The fourth-order valence-electron chi connectivity index (χ4n) is 4.27. The normalized spacial score (nSPS) is 18.8. The molecule has 1 saturated heterocycles. The van der Waals surface area contributed by atoms with Crippen molar-refractivity contribution in [3.63, 3.8) is 0 Å². The molecule has 0 saturated carbocycles. The molecule has 0 spiro atoms. The van der Waals surface area contributed by atoms with E-state index < -0.39 is 22.9 Å². The maximum absolute atomic E-state index is 15.4. The van der Waals surface area contributed by atoms with Gasteiger partial charge in [-0.05, 0) is 43.7 Å². The quantitative estimate of drug-likeness (QED) is 0.427. The van der Waals surface area contributed by atoms with Crippen molar-refractivity contribution in [3.8, 4) is 5.75 Å². The van der Waals surface area contributed by atoms with Gasteiger partial charge in [-0.1, -0.05) is 39.0 Å². The first-order chi connectivity index (χ1) is 16.6. The molecule has 1 aliphatic rings. The molecule has 0 aliphatic carbocycles. The fraction of sp³-hybridized carbons (Fsp3) is 0.370. The van der Waals surface area contributed by atoms with Crippen molar-refractivity contribution in [2.45, 2.75) is 51.1 Å². The molecule has 0 radical (unpaired) electrons. The molecule has 4 rings (SSSR count). The molecule has 1 aliphatic heterocycles. The van der Waals surface area contributed by atoms with Crippen LogP contribution in [0.2, 0.25) is 0 Å². The highest BCUT2D eigenvalue weighted by atomic mass is 19.1. The molecule has 8 heteroatoms. The second kappa shape index (κ2) is 9.71. The monoisotopic (exact) mass is 478 g/mol. The van der Waals surface area contributed by atoms with Crippen molar-refractivity contribution in [1.29, 1.82) is 0 Å². The topological polar surface area (TPSA) is 117 Å². The molecule has 5 N–H and O–H groups in total. The zero-order valence-electron chi connectivity index (χ0n) is 20.2. The second-order valence-electron chi connectivity index (χ2n) is 10.1. The number of nitrogens with one attached hydrogen (secondary N) is 2. The van der Waals surface area contributed by atoms with Gasteiger partial charge in [-0.15, -0.1) is 0 Å². The lowest BCUT2D eigenvalue weighted by molar-refractivity contribution is 0.0928. The summed E-state index contributed by atoms with van der Waals surface area (Å²) in [6, 6.07) is 10.4. The van der Waals surface area contributed by atoms with E-state index in [1.165, 1.54) is 30.3 Å². The van der Waals surface area contributed by atoms with Gasteiger partial charge in [0.2, 0.25) is 0 Å². The van der Waals surface area contributed by atoms with E-state index in [1.54, 1.807) is 12.1 Å². The fourth-order valence-corrected chi connectivity index (χ4v) is 4.27. The van der Waals surface area contributed by atoms with Gasteiger partial charge in [0.05, 0.1) is 0 Å². The number of ketones is 1. The number of hydrogen-bond acceptors (Lipinski definition) is 6. The van der Waals surface area contributed by atoms with E-state index in [9.17, 15) is 14.7 Å². The van der Waals surface area contributed by atoms with Gasteiger partial charge in [0, 0.05) is 46.3 Å². The maximum atomic E-state index is 15.4. The Morgan fingerprint density at radius 1 is 1.14 bits per heavy atom. The third-order valence-electron chi connectivity index (χ3n) is 6.39. The number of fused-ring (bicyclic) bond motifs is 1. The van der Waals surface area contributed by atoms with Crippen molar-refractivity contribution >= 4 is 22.6 Å². The molecule has 2 heterocycles. The summed E-state index contributed by atoms with van der Waals surface area (Å²) < 4.78 is 15.4. The summed E-state index contributed by atoms with van der Waals surface area (Å²) in [6.45, 7) is 7.38. The summed E-state index contributed by atoms with van der Waals surface area (Å²) in [5, 5.41) is 17.1.